The van der Waals surface area contributed by atoms with Crippen LogP contribution in [0.3, 0.4) is 0 Å². The van der Waals surface area contributed by atoms with Crippen LogP contribution in [0.25, 0.3) is 66.1 Å². The number of nitrogens with zero attached hydrogens (tertiary/aromatic N) is 4. The number of para-hydroxylation sites is 4. The van der Waals surface area contributed by atoms with E-state index in [0.717, 1.165) is 66.1 Å². The lowest BCUT2D eigenvalue weighted by atomic mass is 10.0. The summed E-state index contributed by atoms with van der Waals surface area (Å²) >= 11 is 0. The molecule has 0 aliphatic heterocycles. The SMILES string of the molecule is N#Cc1ccccc1-n1c2ccccc2c2cc(-c3ccc4c(c3)c3ccccc3n4-c3ccccc3C#N)ccc21. The largest absolute Gasteiger partial charge is 0.308 e. The Morgan fingerprint density at radius 3 is 1.21 bits per heavy atom. The summed E-state index contributed by atoms with van der Waals surface area (Å²) in [6, 6.07) is 50.1. The number of hydrogen-bond donors (Lipinski definition) is 0. The smallest absolute Gasteiger partial charge is 0.101 e. The van der Waals surface area contributed by atoms with Gasteiger partial charge in [0.05, 0.1) is 44.6 Å². The molecule has 6 aromatic carbocycles. The number of nitriles is 2. The van der Waals surface area contributed by atoms with Crippen LogP contribution in [0.15, 0.2) is 133 Å². The molecule has 0 saturated heterocycles. The average molecular weight is 535 g/mol. The maximum atomic E-state index is 9.84. The third-order valence-electron chi connectivity index (χ3n) is 8.21. The van der Waals surface area contributed by atoms with Crippen molar-refractivity contribution in [3.8, 4) is 34.6 Å². The predicted molar refractivity (Wildman–Crippen MR) is 170 cm³/mol. The van der Waals surface area contributed by atoms with Crippen LogP contribution in [0.4, 0.5) is 0 Å². The first-order valence-electron chi connectivity index (χ1n) is 13.8. The van der Waals surface area contributed by atoms with Crippen LogP contribution in [0.5, 0.6) is 0 Å². The fourth-order valence-corrected chi connectivity index (χ4v) is 6.35. The normalized spacial score (nSPS) is 11.3. The van der Waals surface area contributed by atoms with Gasteiger partial charge in [0.2, 0.25) is 0 Å². The van der Waals surface area contributed by atoms with E-state index in [1.54, 1.807) is 0 Å². The summed E-state index contributed by atoms with van der Waals surface area (Å²) in [4.78, 5) is 0. The molecule has 0 bridgehead atoms. The molecule has 0 radical (unpaired) electrons. The van der Waals surface area contributed by atoms with Gasteiger partial charge in [-0.05, 0) is 71.8 Å². The zero-order valence-corrected chi connectivity index (χ0v) is 22.5. The Morgan fingerprint density at radius 2 is 0.762 bits per heavy atom. The van der Waals surface area contributed by atoms with Gasteiger partial charge in [-0.15, -0.1) is 0 Å². The second-order valence-corrected chi connectivity index (χ2v) is 10.4. The van der Waals surface area contributed by atoms with Gasteiger partial charge in [-0.1, -0.05) is 72.8 Å². The first-order valence-corrected chi connectivity index (χ1v) is 13.8. The quantitative estimate of drug-likeness (QED) is 0.227. The van der Waals surface area contributed by atoms with Gasteiger partial charge in [-0.3, -0.25) is 0 Å². The van der Waals surface area contributed by atoms with Gasteiger partial charge >= 0.3 is 0 Å². The minimum Gasteiger partial charge on any atom is -0.308 e. The summed E-state index contributed by atoms with van der Waals surface area (Å²) in [6.45, 7) is 0. The molecule has 8 aromatic rings. The minimum absolute atomic E-state index is 0.643. The lowest BCUT2D eigenvalue weighted by Gasteiger charge is -2.11. The van der Waals surface area contributed by atoms with Crippen molar-refractivity contribution in [1.82, 2.24) is 9.13 Å². The molecule has 194 valence electrons. The van der Waals surface area contributed by atoms with Crippen molar-refractivity contribution in [3.63, 3.8) is 0 Å². The van der Waals surface area contributed by atoms with Gasteiger partial charge in [0.15, 0.2) is 0 Å². The lowest BCUT2D eigenvalue weighted by Crippen LogP contribution is -1.97. The van der Waals surface area contributed by atoms with E-state index in [0.29, 0.717) is 11.1 Å². The van der Waals surface area contributed by atoms with E-state index in [1.165, 1.54) is 0 Å². The Kier molecular flexibility index (Phi) is 5.22. The zero-order chi connectivity index (χ0) is 28.2. The fourth-order valence-electron chi connectivity index (χ4n) is 6.35. The van der Waals surface area contributed by atoms with E-state index in [2.05, 4.69) is 94.1 Å². The Morgan fingerprint density at radius 1 is 0.381 bits per heavy atom. The topological polar surface area (TPSA) is 57.4 Å². The highest BCUT2D eigenvalue weighted by Gasteiger charge is 2.17. The fraction of sp³-hybridized carbons (Fsp3) is 0. The highest BCUT2D eigenvalue weighted by Crippen LogP contribution is 2.38. The van der Waals surface area contributed by atoms with E-state index in [-0.39, 0.29) is 0 Å². The van der Waals surface area contributed by atoms with Gasteiger partial charge in [-0.2, -0.15) is 10.5 Å². The van der Waals surface area contributed by atoms with Crippen molar-refractivity contribution in [2.75, 3.05) is 0 Å². The standard InChI is InChI=1S/C38H22N4/c39-23-27-9-1-5-13-33(27)41-35-15-7-3-11-29(35)31-21-25(17-19-37(31)41)26-18-20-38-32(22-26)30-12-4-8-16-36(30)42(38)34-14-6-2-10-28(34)24-40/h1-22H. The first kappa shape index (κ1) is 23.8. The van der Waals surface area contributed by atoms with Crippen molar-refractivity contribution < 1.29 is 0 Å². The van der Waals surface area contributed by atoms with Crippen LogP contribution in [0.2, 0.25) is 0 Å². The second-order valence-electron chi connectivity index (χ2n) is 10.4. The Bertz CT molecular complexity index is 2270. The molecular weight excluding hydrogens is 512 g/mol. The highest BCUT2D eigenvalue weighted by atomic mass is 15.0. The van der Waals surface area contributed by atoms with Crippen LogP contribution in [0.1, 0.15) is 11.1 Å². The second kappa shape index (κ2) is 9.24. The Hall–Kier alpha value is -6.10. The molecular formula is C38H22N4. The molecule has 0 atom stereocenters. The molecule has 2 heterocycles. The van der Waals surface area contributed by atoms with Crippen LogP contribution in [0, 0.1) is 22.7 Å². The van der Waals surface area contributed by atoms with Crippen molar-refractivity contribution in [3.05, 3.63) is 145 Å². The Balaban J connectivity index is 1.37. The van der Waals surface area contributed by atoms with E-state index in [9.17, 15) is 10.5 Å². The van der Waals surface area contributed by atoms with Crippen molar-refractivity contribution in [2.45, 2.75) is 0 Å². The molecule has 0 N–H and O–H groups in total. The summed E-state index contributed by atoms with van der Waals surface area (Å²) in [5.74, 6) is 0. The first-order chi connectivity index (χ1) is 20.8. The highest BCUT2D eigenvalue weighted by molar-refractivity contribution is 6.12. The van der Waals surface area contributed by atoms with Crippen LogP contribution < -0.4 is 0 Å². The van der Waals surface area contributed by atoms with Gasteiger partial charge < -0.3 is 9.13 Å². The number of aromatic nitrogens is 2. The van der Waals surface area contributed by atoms with Crippen molar-refractivity contribution >= 4 is 43.6 Å². The molecule has 4 nitrogen and oxygen atoms in total. The molecule has 2 aromatic heterocycles. The maximum Gasteiger partial charge on any atom is 0.101 e. The third-order valence-corrected chi connectivity index (χ3v) is 8.21. The van der Waals surface area contributed by atoms with E-state index in [4.69, 9.17) is 0 Å². The third kappa shape index (κ3) is 3.40. The lowest BCUT2D eigenvalue weighted by molar-refractivity contribution is 1.17. The average Bonchev–Trinajstić information content (AvgIpc) is 3.56. The summed E-state index contributed by atoms with van der Waals surface area (Å²) in [5, 5.41) is 24.3. The van der Waals surface area contributed by atoms with Gasteiger partial charge in [0, 0.05) is 21.5 Å². The van der Waals surface area contributed by atoms with E-state index >= 15 is 0 Å². The molecule has 0 unspecified atom stereocenters. The van der Waals surface area contributed by atoms with Gasteiger partial charge in [0.1, 0.15) is 12.1 Å². The summed E-state index contributed by atoms with van der Waals surface area (Å²) < 4.78 is 4.38. The van der Waals surface area contributed by atoms with Crippen LogP contribution in [-0.2, 0) is 0 Å². The predicted octanol–water partition coefficient (Wildman–Crippen LogP) is 9.29. The van der Waals surface area contributed by atoms with E-state index < -0.39 is 0 Å². The maximum absolute atomic E-state index is 9.84. The van der Waals surface area contributed by atoms with Crippen molar-refractivity contribution in [2.24, 2.45) is 0 Å². The minimum atomic E-state index is 0.643. The summed E-state index contributed by atoms with van der Waals surface area (Å²) in [5.41, 5.74) is 9.56. The zero-order valence-electron chi connectivity index (χ0n) is 22.5. The molecule has 42 heavy (non-hydrogen) atoms. The van der Waals surface area contributed by atoms with Gasteiger partial charge in [0.25, 0.3) is 0 Å². The van der Waals surface area contributed by atoms with Crippen LogP contribution >= 0.6 is 0 Å². The number of benzene rings is 6. The van der Waals surface area contributed by atoms with Crippen molar-refractivity contribution in [1.29, 1.82) is 10.5 Å². The summed E-state index contributed by atoms with van der Waals surface area (Å²) in [7, 11) is 0. The Labute approximate surface area is 242 Å². The number of hydrogen-bond acceptors (Lipinski definition) is 2. The molecule has 0 fully saturated rings. The molecule has 0 spiro atoms. The van der Waals surface area contributed by atoms with E-state index in [1.807, 2.05) is 60.7 Å². The molecule has 0 saturated carbocycles. The van der Waals surface area contributed by atoms with Crippen LogP contribution in [-0.4, -0.2) is 9.13 Å². The monoisotopic (exact) mass is 534 g/mol. The molecule has 8 rings (SSSR count). The summed E-state index contributed by atoms with van der Waals surface area (Å²) in [6.07, 6.45) is 0. The molecule has 0 aliphatic rings. The molecule has 4 heteroatoms. The molecule has 0 amide bonds. The van der Waals surface area contributed by atoms with Gasteiger partial charge in [-0.25, -0.2) is 0 Å². The number of rotatable bonds is 3. The number of fused-ring (bicyclic) bond motifs is 6. The molecule has 0 aliphatic carbocycles.